The summed E-state index contributed by atoms with van der Waals surface area (Å²) in [5.74, 6) is 0.875. The second-order valence-electron chi connectivity index (χ2n) is 3.57. The van der Waals surface area contributed by atoms with Crippen LogP contribution < -0.4 is 4.74 Å². The number of rotatable bonds is 3. The van der Waals surface area contributed by atoms with Crippen molar-refractivity contribution in [3.05, 3.63) is 53.2 Å². The summed E-state index contributed by atoms with van der Waals surface area (Å²) >= 11 is 1.60. The third-order valence-electron chi connectivity index (χ3n) is 2.48. The molecule has 2 heterocycles. The Morgan fingerprint density at radius 2 is 2.18 bits per heavy atom. The van der Waals surface area contributed by atoms with Gasteiger partial charge < -0.3 is 4.74 Å². The van der Waals surface area contributed by atoms with Crippen LogP contribution in [0.1, 0.15) is 5.01 Å². The van der Waals surface area contributed by atoms with Crippen molar-refractivity contribution in [1.82, 2.24) is 9.97 Å². The van der Waals surface area contributed by atoms with Gasteiger partial charge in [0, 0.05) is 34.7 Å². The number of ether oxygens (including phenoxy) is 1. The minimum absolute atomic E-state index is 0.513. The molecular formula is C13H10N2OS. The lowest BCUT2D eigenvalue weighted by molar-refractivity contribution is 0.309. The predicted octanol–water partition coefficient (Wildman–Crippen LogP) is 3.27. The van der Waals surface area contributed by atoms with Gasteiger partial charge in [0.25, 0.3) is 0 Å². The summed E-state index contributed by atoms with van der Waals surface area (Å²) in [6, 6.07) is 7.93. The van der Waals surface area contributed by atoms with Gasteiger partial charge in [-0.2, -0.15) is 0 Å². The van der Waals surface area contributed by atoms with Crippen molar-refractivity contribution in [2.45, 2.75) is 6.61 Å². The second-order valence-corrected chi connectivity index (χ2v) is 4.55. The molecule has 0 fully saturated rings. The summed E-state index contributed by atoms with van der Waals surface area (Å²) in [5.41, 5.74) is 0. The molecule has 3 rings (SSSR count). The van der Waals surface area contributed by atoms with Crippen LogP contribution in [0, 0.1) is 0 Å². The highest BCUT2D eigenvalue weighted by atomic mass is 32.1. The molecule has 0 atom stereocenters. The predicted molar refractivity (Wildman–Crippen MR) is 68.2 cm³/mol. The highest BCUT2D eigenvalue weighted by Crippen LogP contribution is 2.25. The first kappa shape index (κ1) is 10.2. The van der Waals surface area contributed by atoms with Crippen LogP contribution in [0.25, 0.3) is 10.8 Å². The van der Waals surface area contributed by atoms with Gasteiger partial charge in [-0.1, -0.05) is 12.1 Å². The molecule has 0 aliphatic rings. The van der Waals surface area contributed by atoms with E-state index < -0.39 is 0 Å². The van der Waals surface area contributed by atoms with E-state index in [1.54, 1.807) is 23.7 Å². The van der Waals surface area contributed by atoms with E-state index in [0.29, 0.717) is 6.61 Å². The summed E-state index contributed by atoms with van der Waals surface area (Å²) in [4.78, 5) is 8.29. The van der Waals surface area contributed by atoms with E-state index in [9.17, 15) is 0 Å². The van der Waals surface area contributed by atoms with Crippen molar-refractivity contribution in [3.8, 4) is 5.75 Å². The lowest BCUT2D eigenvalue weighted by atomic mass is 10.1. The van der Waals surface area contributed by atoms with E-state index in [2.05, 4.69) is 9.97 Å². The number of hydrogen-bond donors (Lipinski definition) is 0. The van der Waals surface area contributed by atoms with E-state index >= 15 is 0 Å². The minimum Gasteiger partial charge on any atom is -0.486 e. The smallest absolute Gasteiger partial charge is 0.140 e. The van der Waals surface area contributed by atoms with Gasteiger partial charge in [0.05, 0.1) is 0 Å². The van der Waals surface area contributed by atoms with Crippen LogP contribution in [0.2, 0.25) is 0 Å². The summed E-state index contributed by atoms with van der Waals surface area (Å²) in [7, 11) is 0. The van der Waals surface area contributed by atoms with Crippen molar-refractivity contribution in [1.29, 1.82) is 0 Å². The Morgan fingerprint density at radius 3 is 3.06 bits per heavy atom. The van der Waals surface area contributed by atoms with Crippen LogP contribution in [-0.2, 0) is 6.61 Å². The van der Waals surface area contributed by atoms with Crippen LogP contribution in [0.15, 0.2) is 48.2 Å². The third kappa shape index (κ3) is 2.12. The average molecular weight is 242 g/mol. The standard InChI is InChI=1S/C13H10N2OS/c1-2-10-8-14-5-4-11(10)12(3-1)16-9-13-15-6-7-17-13/h1-8H,9H2. The number of aromatic nitrogens is 2. The minimum atomic E-state index is 0.513. The summed E-state index contributed by atoms with van der Waals surface area (Å²) in [6.07, 6.45) is 5.40. The molecular weight excluding hydrogens is 232 g/mol. The topological polar surface area (TPSA) is 35.0 Å². The van der Waals surface area contributed by atoms with Crippen LogP contribution in [0.5, 0.6) is 5.75 Å². The lowest BCUT2D eigenvalue weighted by Gasteiger charge is -2.07. The fourth-order valence-electron chi connectivity index (χ4n) is 1.68. The number of thiazole rings is 1. The Hall–Kier alpha value is -1.94. The molecule has 1 aromatic carbocycles. The zero-order chi connectivity index (χ0) is 11.5. The maximum absolute atomic E-state index is 5.78. The maximum Gasteiger partial charge on any atom is 0.140 e. The van der Waals surface area contributed by atoms with Crippen molar-refractivity contribution in [2.24, 2.45) is 0 Å². The molecule has 0 unspecified atom stereocenters. The first-order valence-corrected chi connectivity index (χ1v) is 6.15. The van der Waals surface area contributed by atoms with E-state index in [-0.39, 0.29) is 0 Å². The van der Waals surface area contributed by atoms with Crippen LogP contribution >= 0.6 is 11.3 Å². The van der Waals surface area contributed by atoms with Gasteiger partial charge in [-0.05, 0) is 12.1 Å². The van der Waals surface area contributed by atoms with Crippen LogP contribution in [-0.4, -0.2) is 9.97 Å². The number of hydrogen-bond acceptors (Lipinski definition) is 4. The number of nitrogens with zero attached hydrogens (tertiary/aromatic N) is 2. The molecule has 0 N–H and O–H groups in total. The molecule has 17 heavy (non-hydrogen) atoms. The zero-order valence-electron chi connectivity index (χ0n) is 9.04. The second kappa shape index (κ2) is 4.51. The zero-order valence-corrected chi connectivity index (χ0v) is 9.85. The Kier molecular flexibility index (Phi) is 2.71. The third-order valence-corrected chi connectivity index (χ3v) is 3.23. The van der Waals surface area contributed by atoms with Gasteiger partial charge in [-0.3, -0.25) is 4.98 Å². The Morgan fingerprint density at radius 1 is 1.18 bits per heavy atom. The highest BCUT2D eigenvalue weighted by molar-refractivity contribution is 7.09. The van der Waals surface area contributed by atoms with E-state index in [0.717, 1.165) is 21.5 Å². The van der Waals surface area contributed by atoms with Crippen molar-refractivity contribution in [2.75, 3.05) is 0 Å². The van der Waals surface area contributed by atoms with Gasteiger partial charge in [-0.25, -0.2) is 4.98 Å². The first-order valence-electron chi connectivity index (χ1n) is 5.27. The fourth-order valence-corrected chi connectivity index (χ4v) is 2.21. The number of benzene rings is 1. The van der Waals surface area contributed by atoms with Gasteiger partial charge in [0.1, 0.15) is 17.4 Å². The van der Waals surface area contributed by atoms with Crippen molar-refractivity contribution < 1.29 is 4.74 Å². The van der Waals surface area contributed by atoms with E-state index in [1.807, 2.05) is 35.8 Å². The normalized spacial score (nSPS) is 10.6. The van der Waals surface area contributed by atoms with Crippen molar-refractivity contribution in [3.63, 3.8) is 0 Å². The first-order chi connectivity index (χ1) is 8.43. The molecule has 0 aliphatic heterocycles. The van der Waals surface area contributed by atoms with Gasteiger partial charge >= 0.3 is 0 Å². The lowest BCUT2D eigenvalue weighted by Crippen LogP contribution is -1.95. The van der Waals surface area contributed by atoms with Gasteiger partial charge in [0.15, 0.2) is 0 Å². The molecule has 84 valence electrons. The molecule has 3 aromatic rings. The summed E-state index contributed by atoms with van der Waals surface area (Å²) < 4.78 is 5.78. The molecule has 0 radical (unpaired) electrons. The van der Waals surface area contributed by atoms with Gasteiger partial charge in [0.2, 0.25) is 0 Å². The molecule has 2 aromatic heterocycles. The fraction of sp³-hybridized carbons (Fsp3) is 0.0769. The number of fused-ring (bicyclic) bond motifs is 1. The van der Waals surface area contributed by atoms with Crippen molar-refractivity contribution >= 4 is 22.1 Å². The largest absolute Gasteiger partial charge is 0.486 e. The highest BCUT2D eigenvalue weighted by Gasteiger charge is 2.02. The summed E-state index contributed by atoms with van der Waals surface area (Å²) in [6.45, 7) is 0.513. The number of pyridine rings is 1. The van der Waals surface area contributed by atoms with E-state index in [1.165, 1.54) is 0 Å². The quantitative estimate of drug-likeness (QED) is 0.707. The Labute approximate surface area is 103 Å². The molecule has 3 nitrogen and oxygen atoms in total. The Balaban J connectivity index is 1.90. The molecule has 0 saturated carbocycles. The Bertz CT molecular complexity index is 617. The maximum atomic E-state index is 5.78. The van der Waals surface area contributed by atoms with Crippen LogP contribution in [0.3, 0.4) is 0 Å². The summed E-state index contributed by atoms with van der Waals surface area (Å²) in [5, 5.41) is 5.10. The van der Waals surface area contributed by atoms with Gasteiger partial charge in [-0.15, -0.1) is 11.3 Å². The molecule has 4 heteroatoms. The monoisotopic (exact) mass is 242 g/mol. The molecule has 0 spiro atoms. The molecule has 0 saturated heterocycles. The molecule has 0 bridgehead atoms. The van der Waals surface area contributed by atoms with Crippen LogP contribution in [0.4, 0.5) is 0 Å². The molecule has 0 aliphatic carbocycles. The SMILES string of the molecule is c1cc(OCc2nccs2)c2ccncc2c1. The molecule has 0 amide bonds. The van der Waals surface area contributed by atoms with E-state index in [4.69, 9.17) is 4.74 Å². The average Bonchev–Trinajstić information content (AvgIpc) is 2.89.